The van der Waals surface area contributed by atoms with Crippen LogP contribution in [0.15, 0.2) is 42.5 Å². The van der Waals surface area contributed by atoms with Gasteiger partial charge in [-0.05, 0) is 38.5 Å². The second-order valence-corrected chi connectivity index (χ2v) is 6.04. The Morgan fingerprint density at radius 1 is 0.875 bits per heavy atom. The lowest BCUT2D eigenvalue weighted by molar-refractivity contribution is 0.418. The van der Waals surface area contributed by atoms with Crippen molar-refractivity contribution in [3.8, 4) is 17.1 Å². The quantitative estimate of drug-likeness (QED) is 0.547. The van der Waals surface area contributed by atoms with Crippen LogP contribution in [-0.4, -0.2) is 21.5 Å². The van der Waals surface area contributed by atoms with E-state index in [2.05, 4.69) is 41.7 Å². The average Bonchev–Trinajstić information content (AvgIpc) is 2.93. The van der Waals surface area contributed by atoms with Crippen molar-refractivity contribution in [1.82, 2.24) is 14.4 Å². The molecule has 0 unspecified atom stereocenters. The minimum absolute atomic E-state index is 0.777. The third kappa shape index (κ3) is 1.99. The van der Waals surface area contributed by atoms with Gasteiger partial charge in [0.05, 0.1) is 29.5 Å². The Balaban J connectivity index is 2.23. The zero-order valence-corrected chi connectivity index (χ0v) is 14.3. The Morgan fingerprint density at radius 3 is 2.38 bits per heavy atom. The van der Waals surface area contributed by atoms with E-state index in [1.807, 2.05) is 26.0 Å². The maximum Gasteiger partial charge on any atom is 0.146 e. The molecule has 0 amide bonds. The van der Waals surface area contributed by atoms with Crippen molar-refractivity contribution in [2.45, 2.75) is 20.8 Å². The van der Waals surface area contributed by atoms with Gasteiger partial charge in [-0.1, -0.05) is 30.3 Å². The number of hydrogen-bond acceptors (Lipinski definition) is 3. The van der Waals surface area contributed by atoms with E-state index in [1.54, 1.807) is 7.11 Å². The van der Waals surface area contributed by atoms with Crippen molar-refractivity contribution >= 4 is 16.6 Å². The van der Waals surface area contributed by atoms with Crippen LogP contribution < -0.4 is 4.74 Å². The molecular formula is C20H19N3O. The minimum Gasteiger partial charge on any atom is -0.494 e. The molecule has 0 aliphatic heterocycles. The van der Waals surface area contributed by atoms with Crippen LogP contribution in [0.2, 0.25) is 0 Å². The zero-order valence-electron chi connectivity index (χ0n) is 14.3. The van der Waals surface area contributed by atoms with Crippen LogP contribution in [0.4, 0.5) is 0 Å². The maximum absolute atomic E-state index is 5.51. The Bertz CT molecular complexity index is 1080. The molecule has 0 fully saturated rings. The Kier molecular flexibility index (Phi) is 3.27. The highest BCUT2D eigenvalue weighted by Crippen LogP contribution is 2.32. The first-order valence-electron chi connectivity index (χ1n) is 8.00. The van der Waals surface area contributed by atoms with Crippen LogP contribution in [0, 0.1) is 20.8 Å². The number of fused-ring (bicyclic) bond motifs is 3. The molecule has 4 aromatic rings. The summed E-state index contributed by atoms with van der Waals surface area (Å²) in [4.78, 5) is 9.65. The number of nitrogens with zero attached hydrogens (tertiary/aromatic N) is 3. The van der Waals surface area contributed by atoms with E-state index in [4.69, 9.17) is 14.7 Å². The van der Waals surface area contributed by atoms with Crippen molar-refractivity contribution in [2.75, 3.05) is 7.11 Å². The second kappa shape index (κ2) is 5.34. The monoisotopic (exact) mass is 317 g/mol. The Labute approximate surface area is 140 Å². The van der Waals surface area contributed by atoms with Crippen molar-refractivity contribution in [3.05, 3.63) is 59.4 Å². The van der Waals surface area contributed by atoms with E-state index < -0.39 is 0 Å². The molecule has 4 heteroatoms. The molecule has 2 aromatic carbocycles. The smallest absolute Gasteiger partial charge is 0.146 e. The predicted octanol–water partition coefficient (Wildman–Crippen LogP) is 4.48. The lowest BCUT2D eigenvalue weighted by Gasteiger charge is -2.11. The van der Waals surface area contributed by atoms with E-state index in [0.717, 1.165) is 45.1 Å². The summed E-state index contributed by atoms with van der Waals surface area (Å²) in [5, 5.41) is 0. The van der Waals surface area contributed by atoms with Gasteiger partial charge in [-0.25, -0.2) is 9.97 Å². The van der Waals surface area contributed by atoms with Gasteiger partial charge in [0.25, 0.3) is 0 Å². The third-order valence-corrected chi connectivity index (χ3v) is 4.50. The van der Waals surface area contributed by atoms with Crippen molar-refractivity contribution in [1.29, 1.82) is 0 Å². The van der Waals surface area contributed by atoms with Gasteiger partial charge in [-0.3, -0.25) is 4.40 Å². The van der Waals surface area contributed by atoms with Gasteiger partial charge in [0, 0.05) is 5.56 Å². The predicted molar refractivity (Wildman–Crippen MR) is 96.7 cm³/mol. The molecule has 2 heterocycles. The average molecular weight is 317 g/mol. The topological polar surface area (TPSA) is 39.4 Å². The molecule has 4 rings (SSSR count). The minimum atomic E-state index is 0.777. The molecule has 0 atom stereocenters. The van der Waals surface area contributed by atoms with Crippen LogP contribution in [0.1, 0.15) is 17.0 Å². The van der Waals surface area contributed by atoms with Gasteiger partial charge >= 0.3 is 0 Å². The van der Waals surface area contributed by atoms with Crippen molar-refractivity contribution in [2.24, 2.45) is 0 Å². The van der Waals surface area contributed by atoms with Crippen molar-refractivity contribution in [3.63, 3.8) is 0 Å². The van der Waals surface area contributed by atoms with Gasteiger partial charge in [0.2, 0.25) is 0 Å². The SMILES string of the molecule is COc1cccc2c1nc(C)c1c(C)nc(-c3ccccc3C)n12. The molecule has 120 valence electrons. The largest absolute Gasteiger partial charge is 0.494 e. The lowest BCUT2D eigenvalue weighted by atomic mass is 10.1. The van der Waals surface area contributed by atoms with E-state index in [1.165, 1.54) is 5.56 Å². The van der Waals surface area contributed by atoms with Crippen LogP contribution in [0.3, 0.4) is 0 Å². The summed E-state index contributed by atoms with van der Waals surface area (Å²) >= 11 is 0. The molecule has 4 nitrogen and oxygen atoms in total. The standard InChI is InChI=1S/C20H19N3O/c1-12-8-5-6-9-15(12)20-22-14(3)19-13(2)21-18-16(23(19)20)10-7-11-17(18)24-4/h5-11H,1-4H3. The van der Waals surface area contributed by atoms with Crippen LogP contribution in [0.25, 0.3) is 27.9 Å². The molecule has 0 radical (unpaired) electrons. The molecule has 24 heavy (non-hydrogen) atoms. The van der Waals surface area contributed by atoms with Crippen LogP contribution in [0.5, 0.6) is 5.75 Å². The van der Waals surface area contributed by atoms with Gasteiger partial charge in [-0.15, -0.1) is 0 Å². The number of benzene rings is 2. The summed E-state index contributed by atoms with van der Waals surface area (Å²) < 4.78 is 7.72. The van der Waals surface area contributed by atoms with Crippen molar-refractivity contribution < 1.29 is 4.74 Å². The summed E-state index contributed by atoms with van der Waals surface area (Å²) in [5.41, 5.74) is 7.21. The molecule has 0 aliphatic rings. The fourth-order valence-electron chi connectivity index (χ4n) is 3.38. The highest BCUT2D eigenvalue weighted by Gasteiger charge is 2.18. The van der Waals surface area contributed by atoms with E-state index in [-0.39, 0.29) is 0 Å². The number of ether oxygens (including phenoxy) is 1. The number of aromatic nitrogens is 3. The Hall–Kier alpha value is -2.88. The molecule has 0 bridgehead atoms. The summed E-state index contributed by atoms with van der Waals surface area (Å²) in [6, 6.07) is 14.3. The number of hydrogen-bond donors (Lipinski definition) is 0. The fourth-order valence-corrected chi connectivity index (χ4v) is 3.38. The van der Waals surface area contributed by atoms with Gasteiger partial charge < -0.3 is 4.74 Å². The highest BCUT2D eigenvalue weighted by atomic mass is 16.5. The first-order chi connectivity index (χ1) is 11.6. The summed E-state index contributed by atoms with van der Waals surface area (Å²) in [6.45, 7) is 6.18. The highest BCUT2D eigenvalue weighted by molar-refractivity contribution is 5.88. The molecule has 0 spiro atoms. The third-order valence-electron chi connectivity index (χ3n) is 4.50. The molecule has 0 N–H and O–H groups in total. The van der Waals surface area contributed by atoms with Gasteiger partial charge in [-0.2, -0.15) is 0 Å². The van der Waals surface area contributed by atoms with E-state index in [9.17, 15) is 0 Å². The van der Waals surface area contributed by atoms with E-state index >= 15 is 0 Å². The summed E-state index contributed by atoms with van der Waals surface area (Å²) in [5.74, 6) is 1.73. The number of imidazole rings is 1. The number of para-hydroxylation sites is 1. The summed E-state index contributed by atoms with van der Waals surface area (Å²) in [6.07, 6.45) is 0. The second-order valence-electron chi connectivity index (χ2n) is 6.04. The van der Waals surface area contributed by atoms with Crippen LogP contribution >= 0.6 is 0 Å². The molecule has 0 saturated carbocycles. The van der Waals surface area contributed by atoms with Crippen LogP contribution in [-0.2, 0) is 0 Å². The molecule has 0 saturated heterocycles. The molecule has 2 aromatic heterocycles. The Morgan fingerprint density at radius 2 is 1.62 bits per heavy atom. The van der Waals surface area contributed by atoms with Gasteiger partial charge in [0.1, 0.15) is 17.1 Å². The normalized spacial score (nSPS) is 11.3. The zero-order chi connectivity index (χ0) is 16.8. The molecule has 0 aliphatic carbocycles. The van der Waals surface area contributed by atoms with E-state index in [0.29, 0.717) is 0 Å². The fraction of sp³-hybridized carbons (Fsp3) is 0.200. The number of aryl methyl sites for hydroxylation is 3. The maximum atomic E-state index is 5.51. The molecular weight excluding hydrogens is 298 g/mol. The number of methoxy groups -OCH3 is 1. The summed E-state index contributed by atoms with van der Waals surface area (Å²) in [7, 11) is 1.68. The first kappa shape index (κ1) is 14.7. The lowest BCUT2D eigenvalue weighted by Crippen LogP contribution is -1.99. The number of rotatable bonds is 2. The first-order valence-corrected chi connectivity index (χ1v) is 8.00. The van der Waals surface area contributed by atoms with Gasteiger partial charge in [0.15, 0.2) is 0 Å².